The van der Waals surface area contributed by atoms with Crippen molar-refractivity contribution in [1.82, 2.24) is 0 Å². The lowest BCUT2D eigenvalue weighted by molar-refractivity contribution is 1.26. The Bertz CT molecular complexity index is 712. The zero-order valence-corrected chi connectivity index (χ0v) is 9.03. The van der Waals surface area contributed by atoms with Crippen molar-refractivity contribution >= 4 is 12.2 Å². The molecule has 0 spiro atoms. The fourth-order valence-corrected chi connectivity index (χ4v) is 2.42. The number of hydrogen-bond acceptors (Lipinski definition) is 0. The van der Waals surface area contributed by atoms with Gasteiger partial charge in [-0.1, -0.05) is 61.7 Å². The van der Waals surface area contributed by atoms with Crippen LogP contribution in [-0.2, 0) is 0 Å². The molecule has 0 heterocycles. The predicted octanol–water partition coefficient (Wildman–Crippen LogP) is 3.86. The van der Waals surface area contributed by atoms with Crippen LogP contribution in [0.25, 0.3) is 12.2 Å². The van der Waals surface area contributed by atoms with Gasteiger partial charge in [-0.05, 0) is 32.0 Å². The number of fused-ring (bicyclic) bond motifs is 2. The Hall–Kier alpha value is -2.08. The average Bonchev–Trinajstić information content (AvgIpc) is 2.34. The molecule has 0 radical (unpaired) electrons. The minimum Gasteiger partial charge on any atom is -0.0984 e. The molecule has 1 aliphatic rings. The molecule has 0 unspecified atom stereocenters. The fraction of sp³-hybridized carbons (Fsp3) is 0. The highest BCUT2D eigenvalue weighted by atomic mass is 14.1. The lowest BCUT2D eigenvalue weighted by atomic mass is 9.94. The van der Waals surface area contributed by atoms with E-state index < -0.39 is 0 Å². The molecule has 0 nitrogen and oxygen atoms in total. The van der Waals surface area contributed by atoms with Crippen molar-refractivity contribution < 1.29 is 0 Å². The maximum Gasteiger partial charge on any atom is -0.00206 e. The topological polar surface area (TPSA) is 0 Å². The van der Waals surface area contributed by atoms with E-state index in [9.17, 15) is 0 Å². The molecule has 1 aliphatic carbocycles. The van der Waals surface area contributed by atoms with Gasteiger partial charge in [-0.2, -0.15) is 0 Å². The first-order chi connectivity index (χ1) is 7.86. The predicted molar refractivity (Wildman–Crippen MR) is 68.4 cm³/mol. The third-order valence-corrected chi connectivity index (χ3v) is 3.17. The number of benzene rings is 2. The van der Waals surface area contributed by atoms with Crippen LogP contribution in [-0.4, -0.2) is 0 Å². The molecule has 0 saturated heterocycles. The minimum absolute atomic E-state index is 1.21. The van der Waals surface area contributed by atoms with Crippen LogP contribution in [0, 0.1) is 20.9 Å². The molecular formula is C16H12. The molecule has 0 heteroatoms. The number of rotatable bonds is 2. The first-order valence-electron chi connectivity index (χ1n) is 5.38. The van der Waals surface area contributed by atoms with E-state index in [0.29, 0.717) is 0 Å². The van der Waals surface area contributed by atoms with E-state index in [0.717, 1.165) is 0 Å². The van der Waals surface area contributed by atoms with Crippen molar-refractivity contribution in [3.05, 3.63) is 81.6 Å². The molecule has 0 N–H and O–H groups in total. The summed E-state index contributed by atoms with van der Waals surface area (Å²) in [4.78, 5) is 0. The highest BCUT2D eigenvalue weighted by Crippen LogP contribution is 2.20. The van der Waals surface area contributed by atoms with E-state index in [2.05, 4.69) is 49.6 Å². The standard InChI is InChI=1S/C16H12/c1-3-11-7-5-9-13-14-10-6-8-12(4-2)16(14)15(11)13/h3-10H,1-2H2. The quantitative estimate of drug-likeness (QED) is 0.594. The van der Waals surface area contributed by atoms with Crippen LogP contribution in [0.1, 0.15) is 11.1 Å². The van der Waals surface area contributed by atoms with Gasteiger partial charge in [0, 0.05) is 0 Å². The molecule has 0 aromatic heterocycles. The fourth-order valence-electron chi connectivity index (χ4n) is 2.42. The summed E-state index contributed by atoms with van der Waals surface area (Å²) in [6.45, 7) is 7.74. The normalized spacial score (nSPS) is 11.0. The lowest BCUT2D eigenvalue weighted by Gasteiger charge is -2.09. The minimum atomic E-state index is 1.21. The van der Waals surface area contributed by atoms with E-state index in [1.165, 1.54) is 32.0 Å². The zero-order chi connectivity index (χ0) is 11.1. The Morgan fingerprint density at radius 2 is 1.12 bits per heavy atom. The Morgan fingerprint density at radius 3 is 1.50 bits per heavy atom. The summed E-state index contributed by atoms with van der Waals surface area (Å²) in [6, 6.07) is 12.7. The Balaban J connectivity index is 2.66. The van der Waals surface area contributed by atoms with Crippen LogP contribution in [0.3, 0.4) is 0 Å². The maximum atomic E-state index is 3.87. The van der Waals surface area contributed by atoms with Gasteiger partial charge in [-0.3, -0.25) is 0 Å². The molecule has 0 amide bonds. The van der Waals surface area contributed by atoms with E-state index >= 15 is 0 Å². The summed E-state index contributed by atoms with van der Waals surface area (Å²) >= 11 is 0. The van der Waals surface area contributed by atoms with Crippen molar-refractivity contribution in [2.75, 3.05) is 0 Å². The molecule has 0 aliphatic heterocycles. The first kappa shape index (κ1) is 9.17. The van der Waals surface area contributed by atoms with Gasteiger partial charge in [0.05, 0.1) is 0 Å². The van der Waals surface area contributed by atoms with Crippen molar-refractivity contribution in [3.63, 3.8) is 0 Å². The van der Waals surface area contributed by atoms with Gasteiger partial charge in [0.15, 0.2) is 0 Å². The molecule has 0 fully saturated rings. The van der Waals surface area contributed by atoms with Crippen molar-refractivity contribution in [2.45, 2.75) is 0 Å². The molecule has 0 saturated carbocycles. The largest absolute Gasteiger partial charge is 0.0984 e. The van der Waals surface area contributed by atoms with Crippen molar-refractivity contribution in [3.8, 4) is 0 Å². The first-order valence-corrected chi connectivity index (χ1v) is 5.38. The van der Waals surface area contributed by atoms with E-state index in [4.69, 9.17) is 0 Å². The van der Waals surface area contributed by atoms with Crippen molar-refractivity contribution in [1.29, 1.82) is 0 Å². The summed E-state index contributed by atoms with van der Waals surface area (Å²) in [5, 5.41) is 5.30. The summed E-state index contributed by atoms with van der Waals surface area (Å²) in [7, 11) is 0. The molecule has 76 valence electrons. The number of hydrogen-bond donors (Lipinski definition) is 0. The lowest BCUT2D eigenvalue weighted by Crippen LogP contribution is -1.96. The molecule has 0 atom stereocenters. The molecular weight excluding hydrogens is 192 g/mol. The smallest absolute Gasteiger partial charge is 0.00206 e. The van der Waals surface area contributed by atoms with Gasteiger partial charge >= 0.3 is 0 Å². The molecule has 2 aromatic rings. The third kappa shape index (κ3) is 0.989. The zero-order valence-electron chi connectivity index (χ0n) is 9.03. The average molecular weight is 204 g/mol. The van der Waals surface area contributed by atoms with Gasteiger partial charge in [0.2, 0.25) is 0 Å². The molecule has 16 heavy (non-hydrogen) atoms. The van der Waals surface area contributed by atoms with Gasteiger partial charge in [0.25, 0.3) is 0 Å². The van der Waals surface area contributed by atoms with E-state index in [1.807, 2.05) is 12.2 Å². The Labute approximate surface area is 94.2 Å². The highest BCUT2D eigenvalue weighted by Gasteiger charge is 2.06. The summed E-state index contributed by atoms with van der Waals surface area (Å²) in [5.74, 6) is 0. The summed E-state index contributed by atoms with van der Waals surface area (Å²) in [6.07, 6.45) is 3.84. The third-order valence-electron chi connectivity index (χ3n) is 3.17. The molecule has 0 bridgehead atoms. The molecule has 2 aromatic carbocycles. The second-order valence-corrected chi connectivity index (χ2v) is 3.95. The van der Waals surface area contributed by atoms with Crippen molar-refractivity contribution in [2.24, 2.45) is 0 Å². The van der Waals surface area contributed by atoms with E-state index in [1.54, 1.807) is 0 Å². The SMILES string of the molecule is C=Cc1cccc2c1=c1c(C=C)cccc1=2. The monoisotopic (exact) mass is 204 g/mol. The second kappa shape index (κ2) is 3.21. The summed E-state index contributed by atoms with van der Waals surface area (Å²) in [5.41, 5.74) is 2.42. The Kier molecular flexibility index (Phi) is 1.84. The maximum absolute atomic E-state index is 3.87. The van der Waals surface area contributed by atoms with Crippen LogP contribution < -0.4 is 0 Å². The van der Waals surface area contributed by atoms with Crippen LogP contribution in [0.15, 0.2) is 49.6 Å². The highest BCUT2D eigenvalue weighted by molar-refractivity contribution is 5.56. The van der Waals surface area contributed by atoms with E-state index in [-0.39, 0.29) is 0 Å². The second-order valence-electron chi connectivity index (χ2n) is 3.95. The van der Waals surface area contributed by atoms with Gasteiger partial charge < -0.3 is 0 Å². The van der Waals surface area contributed by atoms with Crippen LogP contribution in [0.5, 0.6) is 0 Å². The van der Waals surface area contributed by atoms with Gasteiger partial charge in [-0.25, -0.2) is 0 Å². The van der Waals surface area contributed by atoms with Crippen LogP contribution in [0.2, 0.25) is 0 Å². The van der Waals surface area contributed by atoms with Gasteiger partial charge in [-0.15, -0.1) is 0 Å². The Morgan fingerprint density at radius 1 is 0.688 bits per heavy atom. The van der Waals surface area contributed by atoms with Crippen LogP contribution in [0.4, 0.5) is 0 Å². The summed E-state index contributed by atoms with van der Waals surface area (Å²) < 4.78 is 0. The van der Waals surface area contributed by atoms with Gasteiger partial charge in [0.1, 0.15) is 0 Å². The molecule has 3 rings (SSSR count). The van der Waals surface area contributed by atoms with Crippen LogP contribution >= 0.6 is 0 Å².